The molecule has 0 saturated carbocycles. The summed E-state index contributed by atoms with van der Waals surface area (Å²) in [6.45, 7) is 4.24. The highest BCUT2D eigenvalue weighted by Crippen LogP contribution is 2.09. The molecule has 0 spiro atoms. The van der Waals surface area contributed by atoms with E-state index in [9.17, 15) is 0 Å². The van der Waals surface area contributed by atoms with Gasteiger partial charge in [-0.1, -0.05) is 19.1 Å². The molecule has 0 amide bonds. The molecule has 0 saturated heterocycles. The molecule has 0 aromatic carbocycles. The first-order valence-electron chi connectivity index (χ1n) is 3.63. The van der Waals surface area contributed by atoms with E-state index < -0.39 is 0 Å². The minimum Gasteiger partial charge on any atom is -0.242 e. The summed E-state index contributed by atoms with van der Waals surface area (Å²) in [5, 5.41) is 8.01. The van der Waals surface area contributed by atoms with E-state index in [-0.39, 0.29) is 0 Å². The summed E-state index contributed by atoms with van der Waals surface area (Å²) in [6, 6.07) is 0. The summed E-state index contributed by atoms with van der Waals surface area (Å²) >= 11 is 1.74. The van der Waals surface area contributed by atoms with Gasteiger partial charge in [0.2, 0.25) is 0 Å². The van der Waals surface area contributed by atoms with Crippen molar-refractivity contribution in [3.05, 3.63) is 11.9 Å². The van der Waals surface area contributed by atoms with Gasteiger partial charge in [-0.15, -0.1) is 16.9 Å². The molecule has 4 heteroatoms. The monoisotopic (exact) mass is 171 g/mol. The highest BCUT2D eigenvalue weighted by molar-refractivity contribution is 7.97. The number of hydrogen-bond acceptors (Lipinski definition) is 3. The molecule has 0 unspecified atom stereocenters. The molecular weight excluding hydrogens is 158 g/mol. The maximum Gasteiger partial charge on any atom is 0.0878 e. The summed E-state index contributed by atoms with van der Waals surface area (Å²) in [6.07, 6.45) is 4.05. The summed E-state index contributed by atoms with van der Waals surface area (Å²) in [7, 11) is 0. The highest BCUT2D eigenvalue weighted by atomic mass is 32.2. The Hall–Kier alpha value is -0.510. The second-order valence-corrected chi connectivity index (χ2v) is 3.59. The van der Waals surface area contributed by atoms with Crippen LogP contribution < -0.4 is 0 Å². The first-order chi connectivity index (χ1) is 5.24. The number of thioether (sulfide) groups is 1. The van der Waals surface area contributed by atoms with Crippen LogP contribution in [-0.2, 0) is 5.88 Å². The fraction of sp³-hybridized carbons (Fsp3) is 0.714. The molecule has 0 atom stereocenters. The molecule has 0 aliphatic carbocycles. The molecule has 1 rings (SSSR count). The molecule has 1 heterocycles. The van der Waals surface area contributed by atoms with Crippen molar-refractivity contribution in [2.24, 2.45) is 0 Å². The van der Waals surface area contributed by atoms with Crippen LogP contribution in [-0.4, -0.2) is 21.2 Å². The summed E-state index contributed by atoms with van der Waals surface area (Å²) in [5.74, 6) is 1.37. The van der Waals surface area contributed by atoms with Crippen molar-refractivity contribution >= 4 is 11.8 Å². The molecule has 0 N–H and O–H groups in total. The zero-order valence-corrected chi connectivity index (χ0v) is 7.93. The maximum absolute atomic E-state index is 4.03. The molecule has 0 aliphatic rings. The Kier molecular flexibility index (Phi) is 2.93. The lowest BCUT2D eigenvalue weighted by atomic mass is 10.2. The number of nitrogens with zero attached hydrogens (tertiary/aromatic N) is 3. The van der Waals surface area contributed by atoms with Crippen LogP contribution in [0, 0.1) is 0 Å². The number of hydrogen-bond donors (Lipinski definition) is 0. The Morgan fingerprint density at radius 2 is 2.36 bits per heavy atom. The van der Waals surface area contributed by atoms with Gasteiger partial charge in [0.25, 0.3) is 0 Å². The van der Waals surface area contributed by atoms with Crippen LogP contribution >= 0.6 is 11.8 Å². The minimum absolute atomic E-state index is 0.477. The van der Waals surface area contributed by atoms with Crippen molar-refractivity contribution < 1.29 is 0 Å². The topological polar surface area (TPSA) is 30.7 Å². The maximum atomic E-state index is 4.03. The third kappa shape index (κ3) is 2.22. The number of aromatic nitrogens is 3. The van der Waals surface area contributed by atoms with Crippen LogP contribution in [0.25, 0.3) is 0 Å². The standard InChI is InChI=1S/C7H13N3S/c1-6(2)7-4-10(5-11-3)9-8-7/h4,6H,5H2,1-3H3. The highest BCUT2D eigenvalue weighted by Gasteiger charge is 2.03. The lowest BCUT2D eigenvalue weighted by Gasteiger charge is -1.95. The summed E-state index contributed by atoms with van der Waals surface area (Å²) in [5.41, 5.74) is 1.07. The van der Waals surface area contributed by atoms with Gasteiger partial charge in [0, 0.05) is 6.20 Å². The van der Waals surface area contributed by atoms with E-state index in [4.69, 9.17) is 0 Å². The molecular formula is C7H13N3S. The van der Waals surface area contributed by atoms with Crippen molar-refractivity contribution in [3.8, 4) is 0 Å². The van der Waals surface area contributed by atoms with Crippen LogP contribution in [0.2, 0.25) is 0 Å². The van der Waals surface area contributed by atoms with Crippen LogP contribution in [0.3, 0.4) is 0 Å². The summed E-state index contributed by atoms with van der Waals surface area (Å²) < 4.78 is 1.86. The smallest absolute Gasteiger partial charge is 0.0878 e. The average molecular weight is 171 g/mol. The molecule has 1 aromatic heterocycles. The fourth-order valence-corrected chi connectivity index (χ4v) is 1.16. The van der Waals surface area contributed by atoms with Crippen molar-refractivity contribution in [3.63, 3.8) is 0 Å². The Morgan fingerprint density at radius 3 is 2.82 bits per heavy atom. The van der Waals surface area contributed by atoms with Gasteiger partial charge in [0.05, 0.1) is 11.6 Å². The van der Waals surface area contributed by atoms with Crippen molar-refractivity contribution in [2.45, 2.75) is 25.6 Å². The van der Waals surface area contributed by atoms with Crippen molar-refractivity contribution in [1.29, 1.82) is 0 Å². The molecule has 1 aromatic rings. The Labute approximate surface area is 71.2 Å². The van der Waals surface area contributed by atoms with Crippen molar-refractivity contribution in [2.75, 3.05) is 6.26 Å². The molecule has 3 nitrogen and oxygen atoms in total. The normalized spacial score (nSPS) is 10.9. The predicted molar refractivity (Wildman–Crippen MR) is 47.6 cm³/mol. The Balaban J connectivity index is 2.66. The van der Waals surface area contributed by atoms with Gasteiger partial charge in [-0.2, -0.15) is 0 Å². The zero-order chi connectivity index (χ0) is 8.27. The van der Waals surface area contributed by atoms with Crippen molar-refractivity contribution in [1.82, 2.24) is 15.0 Å². The Morgan fingerprint density at radius 1 is 1.64 bits per heavy atom. The van der Waals surface area contributed by atoms with E-state index in [1.54, 1.807) is 11.8 Å². The first kappa shape index (κ1) is 8.59. The number of rotatable bonds is 3. The third-order valence-corrected chi connectivity index (χ3v) is 1.93. The van der Waals surface area contributed by atoms with E-state index in [1.807, 2.05) is 10.9 Å². The largest absolute Gasteiger partial charge is 0.242 e. The second kappa shape index (κ2) is 3.76. The van der Waals surface area contributed by atoms with Crippen LogP contribution in [0.1, 0.15) is 25.5 Å². The summed E-state index contributed by atoms with van der Waals surface area (Å²) in [4.78, 5) is 0. The van der Waals surface area contributed by atoms with Gasteiger partial charge in [-0.3, -0.25) is 0 Å². The molecule has 0 bridgehead atoms. The quantitative estimate of drug-likeness (QED) is 0.693. The zero-order valence-electron chi connectivity index (χ0n) is 7.11. The van der Waals surface area contributed by atoms with Gasteiger partial charge < -0.3 is 0 Å². The molecule has 0 radical (unpaired) electrons. The molecule has 0 fully saturated rings. The SMILES string of the molecule is CSCn1cc(C(C)C)nn1. The third-order valence-electron chi connectivity index (χ3n) is 1.41. The van der Waals surface area contributed by atoms with Gasteiger partial charge in [0.1, 0.15) is 0 Å². The van der Waals surface area contributed by atoms with E-state index in [1.165, 1.54) is 0 Å². The lowest BCUT2D eigenvalue weighted by molar-refractivity contribution is 0.699. The van der Waals surface area contributed by atoms with Gasteiger partial charge >= 0.3 is 0 Å². The van der Waals surface area contributed by atoms with E-state index >= 15 is 0 Å². The average Bonchev–Trinajstić information content (AvgIpc) is 2.37. The van der Waals surface area contributed by atoms with Gasteiger partial charge in [-0.25, -0.2) is 4.68 Å². The van der Waals surface area contributed by atoms with Gasteiger partial charge in [0.15, 0.2) is 0 Å². The second-order valence-electron chi connectivity index (χ2n) is 2.76. The van der Waals surface area contributed by atoms with E-state index in [0.29, 0.717) is 5.92 Å². The minimum atomic E-state index is 0.477. The molecule has 0 aliphatic heterocycles. The fourth-order valence-electron chi connectivity index (χ4n) is 0.773. The molecule has 11 heavy (non-hydrogen) atoms. The van der Waals surface area contributed by atoms with E-state index in [2.05, 4.69) is 30.4 Å². The van der Waals surface area contributed by atoms with E-state index in [0.717, 1.165) is 11.6 Å². The lowest BCUT2D eigenvalue weighted by Crippen LogP contribution is -1.93. The predicted octanol–water partition coefficient (Wildman–Crippen LogP) is 1.72. The van der Waals surface area contributed by atoms with Crippen LogP contribution in [0.5, 0.6) is 0 Å². The first-order valence-corrected chi connectivity index (χ1v) is 5.02. The van der Waals surface area contributed by atoms with Gasteiger partial charge in [-0.05, 0) is 12.2 Å². The van der Waals surface area contributed by atoms with Crippen LogP contribution in [0.15, 0.2) is 6.20 Å². The molecule has 62 valence electrons. The van der Waals surface area contributed by atoms with Crippen LogP contribution in [0.4, 0.5) is 0 Å². The Bertz CT molecular complexity index is 219.